The van der Waals surface area contributed by atoms with Gasteiger partial charge in [0, 0.05) is 22.3 Å². The van der Waals surface area contributed by atoms with Crippen LogP contribution in [-0.2, 0) is 19.4 Å². The van der Waals surface area contributed by atoms with Crippen LogP contribution in [0.3, 0.4) is 0 Å². The number of hydrogen-bond acceptors (Lipinski definition) is 3. The molecular formula is C16H21BrN2S. The summed E-state index contributed by atoms with van der Waals surface area (Å²) >= 11 is 5.38. The summed E-state index contributed by atoms with van der Waals surface area (Å²) in [7, 11) is 0. The van der Waals surface area contributed by atoms with Gasteiger partial charge in [0.1, 0.15) is 0 Å². The zero-order chi connectivity index (χ0) is 14.4. The minimum Gasteiger partial charge on any atom is -0.312 e. The SMILES string of the molecule is CCCc1nc(Cc2cccc(Br)c2)sc1CNCC. The highest BCUT2D eigenvalue weighted by atomic mass is 79.9. The molecule has 0 aliphatic rings. The molecule has 0 fully saturated rings. The molecule has 2 aromatic rings. The van der Waals surface area contributed by atoms with Gasteiger partial charge in [0.25, 0.3) is 0 Å². The van der Waals surface area contributed by atoms with Crippen molar-refractivity contribution in [3.8, 4) is 0 Å². The lowest BCUT2D eigenvalue weighted by molar-refractivity contribution is 0.723. The zero-order valence-electron chi connectivity index (χ0n) is 12.1. The van der Waals surface area contributed by atoms with E-state index in [2.05, 4.69) is 59.4 Å². The highest BCUT2D eigenvalue weighted by Gasteiger charge is 2.10. The zero-order valence-corrected chi connectivity index (χ0v) is 14.5. The van der Waals surface area contributed by atoms with Gasteiger partial charge in [-0.3, -0.25) is 0 Å². The second-order valence-electron chi connectivity index (χ2n) is 4.81. The first-order chi connectivity index (χ1) is 9.72. The van der Waals surface area contributed by atoms with Crippen LogP contribution in [0.15, 0.2) is 28.7 Å². The molecule has 20 heavy (non-hydrogen) atoms. The third-order valence-electron chi connectivity index (χ3n) is 3.09. The number of halogens is 1. The van der Waals surface area contributed by atoms with E-state index in [0.717, 1.165) is 36.8 Å². The Labute approximate surface area is 133 Å². The molecule has 1 aromatic carbocycles. The molecule has 1 heterocycles. The van der Waals surface area contributed by atoms with Crippen molar-refractivity contribution >= 4 is 27.3 Å². The van der Waals surface area contributed by atoms with E-state index < -0.39 is 0 Å². The topological polar surface area (TPSA) is 24.9 Å². The van der Waals surface area contributed by atoms with Gasteiger partial charge in [0.15, 0.2) is 0 Å². The number of nitrogens with zero attached hydrogens (tertiary/aromatic N) is 1. The Morgan fingerprint density at radius 3 is 2.85 bits per heavy atom. The molecule has 0 unspecified atom stereocenters. The van der Waals surface area contributed by atoms with Crippen LogP contribution in [0.1, 0.15) is 41.4 Å². The fraction of sp³-hybridized carbons (Fsp3) is 0.438. The van der Waals surface area contributed by atoms with Crippen molar-refractivity contribution in [3.05, 3.63) is 49.9 Å². The predicted molar refractivity (Wildman–Crippen MR) is 90.4 cm³/mol. The summed E-state index contributed by atoms with van der Waals surface area (Å²) in [5, 5.41) is 4.63. The Hall–Kier alpha value is -0.710. The molecule has 0 saturated heterocycles. The summed E-state index contributed by atoms with van der Waals surface area (Å²) in [5.41, 5.74) is 2.59. The molecule has 2 nitrogen and oxygen atoms in total. The van der Waals surface area contributed by atoms with Crippen LogP contribution in [0, 0.1) is 0 Å². The van der Waals surface area contributed by atoms with Crippen LogP contribution in [-0.4, -0.2) is 11.5 Å². The minimum atomic E-state index is 0.924. The summed E-state index contributed by atoms with van der Waals surface area (Å²) in [4.78, 5) is 6.24. The van der Waals surface area contributed by atoms with E-state index in [4.69, 9.17) is 4.98 Å². The van der Waals surface area contributed by atoms with Crippen molar-refractivity contribution < 1.29 is 0 Å². The maximum atomic E-state index is 4.84. The van der Waals surface area contributed by atoms with Crippen molar-refractivity contribution in [1.29, 1.82) is 0 Å². The van der Waals surface area contributed by atoms with Crippen LogP contribution < -0.4 is 5.32 Å². The minimum absolute atomic E-state index is 0.924. The Bertz CT molecular complexity index is 551. The third-order valence-corrected chi connectivity index (χ3v) is 4.68. The molecule has 0 atom stereocenters. The van der Waals surface area contributed by atoms with Crippen molar-refractivity contribution in [1.82, 2.24) is 10.3 Å². The second kappa shape index (κ2) is 7.91. The molecule has 0 aliphatic carbocycles. The second-order valence-corrected chi connectivity index (χ2v) is 6.90. The third kappa shape index (κ3) is 4.40. The summed E-state index contributed by atoms with van der Waals surface area (Å²) in [6.45, 7) is 6.31. The number of benzene rings is 1. The van der Waals surface area contributed by atoms with Gasteiger partial charge in [-0.2, -0.15) is 0 Å². The molecular weight excluding hydrogens is 332 g/mol. The Morgan fingerprint density at radius 1 is 1.30 bits per heavy atom. The average molecular weight is 353 g/mol. The highest BCUT2D eigenvalue weighted by Crippen LogP contribution is 2.23. The van der Waals surface area contributed by atoms with E-state index in [-0.39, 0.29) is 0 Å². The summed E-state index contributed by atoms with van der Waals surface area (Å²) in [5.74, 6) is 0. The number of aromatic nitrogens is 1. The number of aryl methyl sites for hydroxylation is 1. The monoisotopic (exact) mass is 352 g/mol. The van der Waals surface area contributed by atoms with Gasteiger partial charge in [0.2, 0.25) is 0 Å². The number of hydrogen-bond donors (Lipinski definition) is 1. The Morgan fingerprint density at radius 2 is 2.15 bits per heavy atom. The van der Waals surface area contributed by atoms with E-state index in [9.17, 15) is 0 Å². The van der Waals surface area contributed by atoms with E-state index in [1.54, 1.807) is 0 Å². The van der Waals surface area contributed by atoms with Crippen LogP contribution in [0.2, 0.25) is 0 Å². The van der Waals surface area contributed by atoms with Crippen molar-refractivity contribution in [3.63, 3.8) is 0 Å². The maximum Gasteiger partial charge on any atom is 0.0975 e. The molecule has 4 heteroatoms. The van der Waals surface area contributed by atoms with Crippen molar-refractivity contribution in [2.45, 2.75) is 39.7 Å². The molecule has 2 rings (SSSR count). The fourth-order valence-electron chi connectivity index (χ4n) is 2.14. The molecule has 1 aromatic heterocycles. The molecule has 0 radical (unpaired) electrons. The molecule has 108 valence electrons. The predicted octanol–water partition coefficient (Wildman–Crippen LogP) is 4.56. The van der Waals surface area contributed by atoms with E-state index in [1.165, 1.54) is 21.1 Å². The molecule has 0 saturated carbocycles. The first-order valence-corrected chi connectivity index (χ1v) is 8.76. The first kappa shape index (κ1) is 15.7. The molecule has 0 aliphatic heterocycles. The number of nitrogens with one attached hydrogen (secondary N) is 1. The van der Waals surface area contributed by atoms with Gasteiger partial charge >= 0.3 is 0 Å². The normalized spacial score (nSPS) is 10.9. The van der Waals surface area contributed by atoms with E-state index in [0.29, 0.717) is 0 Å². The average Bonchev–Trinajstić information content (AvgIpc) is 2.79. The molecule has 0 amide bonds. The number of rotatable bonds is 7. The Kier molecular flexibility index (Phi) is 6.20. The highest BCUT2D eigenvalue weighted by molar-refractivity contribution is 9.10. The van der Waals surface area contributed by atoms with Gasteiger partial charge in [0.05, 0.1) is 10.7 Å². The van der Waals surface area contributed by atoms with Gasteiger partial charge in [-0.15, -0.1) is 11.3 Å². The molecule has 0 spiro atoms. The van der Waals surface area contributed by atoms with Gasteiger partial charge in [-0.05, 0) is 30.7 Å². The van der Waals surface area contributed by atoms with Crippen LogP contribution in [0.5, 0.6) is 0 Å². The lowest BCUT2D eigenvalue weighted by Crippen LogP contribution is -2.11. The van der Waals surface area contributed by atoms with Crippen LogP contribution in [0.4, 0.5) is 0 Å². The molecule has 1 N–H and O–H groups in total. The summed E-state index contributed by atoms with van der Waals surface area (Å²) < 4.78 is 1.13. The van der Waals surface area contributed by atoms with Gasteiger partial charge in [-0.25, -0.2) is 4.98 Å². The van der Waals surface area contributed by atoms with Crippen LogP contribution in [0.25, 0.3) is 0 Å². The smallest absolute Gasteiger partial charge is 0.0975 e. The molecule has 0 bridgehead atoms. The Balaban J connectivity index is 2.15. The van der Waals surface area contributed by atoms with Crippen LogP contribution >= 0.6 is 27.3 Å². The standard InChI is InChI=1S/C16H21BrN2S/c1-3-6-14-15(11-18-4-2)20-16(19-14)10-12-7-5-8-13(17)9-12/h5,7-9,18H,3-4,6,10-11H2,1-2H3. The summed E-state index contributed by atoms with van der Waals surface area (Å²) in [6, 6.07) is 8.48. The van der Waals surface area contributed by atoms with Crippen molar-refractivity contribution in [2.24, 2.45) is 0 Å². The van der Waals surface area contributed by atoms with Crippen molar-refractivity contribution in [2.75, 3.05) is 6.54 Å². The van der Waals surface area contributed by atoms with E-state index in [1.807, 2.05) is 11.3 Å². The van der Waals surface area contributed by atoms with Gasteiger partial charge < -0.3 is 5.32 Å². The summed E-state index contributed by atoms with van der Waals surface area (Å²) in [6.07, 6.45) is 3.15. The fourth-order valence-corrected chi connectivity index (χ4v) is 3.71. The lowest BCUT2D eigenvalue weighted by atomic mass is 10.1. The van der Waals surface area contributed by atoms with E-state index >= 15 is 0 Å². The number of thiazole rings is 1. The lowest BCUT2D eigenvalue weighted by Gasteiger charge is -2.00. The quantitative estimate of drug-likeness (QED) is 0.789. The largest absolute Gasteiger partial charge is 0.312 e. The van der Waals surface area contributed by atoms with Gasteiger partial charge in [-0.1, -0.05) is 48.3 Å². The first-order valence-electron chi connectivity index (χ1n) is 7.15. The maximum absolute atomic E-state index is 4.84.